The van der Waals surface area contributed by atoms with Crippen LogP contribution in [0.2, 0.25) is 0 Å². The molecule has 1 N–H and O–H groups in total. The van der Waals surface area contributed by atoms with Crippen molar-refractivity contribution in [1.82, 2.24) is 0 Å². The second-order valence-corrected chi connectivity index (χ2v) is 4.33. The predicted molar refractivity (Wildman–Crippen MR) is 73.9 cm³/mol. The molecule has 2 nitrogen and oxygen atoms in total. The lowest BCUT2D eigenvalue weighted by atomic mass is 10.1. The van der Waals surface area contributed by atoms with Gasteiger partial charge in [-0.05, 0) is 25.7 Å². The van der Waals surface area contributed by atoms with Crippen molar-refractivity contribution < 1.29 is 9.84 Å². The van der Waals surface area contributed by atoms with Crippen LogP contribution in [0.3, 0.4) is 0 Å². The van der Waals surface area contributed by atoms with E-state index in [1.54, 1.807) is 0 Å². The summed E-state index contributed by atoms with van der Waals surface area (Å²) in [6.07, 6.45) is 14.3. The summed E-state index contributed by atoms with van der Waals surface area (Å²) >= 11 is 0. The van der Waals surface area contributed by atoms with Gasteiger partial charge in [0, 0.05) is 6.61 Å². The van der Waals surface area contributed by atoms with Crippen molar-refractivity contribution in [2.24, 2.45) is 0 Å². The molecule has 0 amide bonds. The standard InChI is InChI=1S/C15H28O2/c1-3-5-6-7-8-9-10-11-12-14-17-15(16)13-4-2/h3,5-6,15-16H,1,4,7-14H2,2H3/b6-5+. The largest absolute Gasteiger partial charge is 0.368 e. The van der Waals surface area contributed by atoms with E-state index in [0.717, 1.165) is 25.7 Å². The van der Waals surface area contributed by atoms with Crippen molar-refractivity contribution in [2.45, 2.75) is 64.6 Å². The Morgan fingerprint density at radius 3 is 2.59 bits per heavy atom. The van der Waals surface area contributed by atoms with Crippen LogP contribution in [0.25, 0.3) is 0 Å². The number of unbranched alkanes of at least 4 members (excludes halogenated alkanes) is 5. The number of hydrogen-bond donors (Lipinski definition) is 1. The van der Waals surface area contributed by atoms with Crippen LogP contribution in [0.4, 0.5) is 0 Å². The van der Waals surface area contributed by atoms with Crippen LogP contribution in [0, 0.1) is 0 Å². The average molecular weight is 240 g/mol. The van der Waals surface area contributed by atoms with Crippen molar-refractivity contribution in [3.63, 3.8) is 0 Å². The first-order valence-electron chi connectivity index (χ1n) is 6.88. The summed E-state index contributed by atoms with van der Waals surface area (Å²) in [5.41, 5.74) is 0. The van der Waals surface area contributed by atoms with Gasteiger partial charge in [0.25, 0.3) is 0 Å². The Bertz CT molecular complexity index is 187. The summed E-state index contributed by atoms with van der Waals surface area (Å²) in [4.78, 5) is 0. The van der Waals surface area contributed by atoms with Crippen LogP contribution in [-0.2, 0) is 4.74 Å². The minimum atomic E-state index is -0.552. The van der Waals surface area contributed by atoms with Gasteiger partial charge >= 0.3 is 0 Å². The van der Waals surface area contributed by atoms with Crippen LogP contribution in [0.1, 0.15) is 58.3 Å². The number of aliphatic hydroxyl groups is 1. The lowest BCUT2D eigenvalue weighted by molar-refractivity contribution is -0.104. The molecule has 0 aliphatic heterocycles. The molecular weight excluding hydrogens is 212 g/mol. The van der Waals surface area contributed by atoms with Crippen molar-refractivity contribution >= 4 is 0 Å². The molecule has 0 saturated heterocycles. The Labute approximate surface area is 106 Å². The third-order valence-corrected chi connectivity index (χ3v) is 2.63. The highest BCUT2D eigenvalue weighted by molar-refractivity contribution is 4.96. The van der Waals surface area contributed by atoms with Gasteiger partial charge < -0.3 is 9.84 Å². The normalized spacial score (nSPS) is 13.1. The molecular formula is C15H28O2. The zero-order chi connectivity index (χ0) is 12.8. The first kappa shape index (κ1) is 16.4. The number of rotatable bonds is 12. The summed E-state index contributed by atoms with van der Waals surface area (Å²) in [6, 6.07) is 0. The van der Waals surface area contributed by atoms with Crippen LogP contribution < -0.4 is 0 Å². The Kier molecular flexibility index (Phi) is 13.0. The van der Waals surface area contributed by atoms with E-state index in [9.17, 15) is 5.11 Å². The van der Waals surface area contributed by atoms with Crippen LogP contribution >= 0.6 is 0 Å². The fourth-order valence-corrected chi connectivity index (χ4v) is 1.64. The number of allylic oxidation sites excluding steroid dienone is 3. The highest BCUT2D eigenvalue weighted by atomic mass is 16.6. The molecule has 0 saturated carbocycles. The Morgan fingerprint density at radius 2 is 1.88 bits per heavy atom. The Hall–Kier alpha value is -0.600. The predicted octanol–water partition coefficient (Wildman–Crippen LogP) is 4.20. The smallest absolute Gasteiger partial charge is 0.154 e. The zero-order valence-electron chi connectivity index (χ0n) is 11.2. The lowest BCUT2D eigenvalue weighted by Gasteiger charge is -2.10. The maximum atomic E-state index is 9.33. The van der Waals surface area contributed by atoms with E-state index in [1.165, 1.54) is 25.7 Å². The maximum absolute atomic E-state index is 9.33. The van der Waals surface area contributed by atoms with E-state index in [1.807, 2.05) is 19.1 Å². The summed E-state index contributed by atoms with van der Waals surface area (Å²) in [7, 11) is 0. The molecule has 0 aliphatic carbocycles. The fourth-order valence-electron chi connectivity index (χ4n) is 1.64. The van der Waals surface area contributed by atoms with Crippen molar-refractivity contribution in [3.8, 4) is 0 Å². The molecule has 0 aliphatic rings. The maximum Gasteiger partial charge on any atom is 0.154 e. The second kappa shape index (κ2) is 13.5. The molecule has 0 fully saturated rings. The molecule has 100 valence electrons. The summed E-state index contributed by atoms with van der Waals surface area (Å²) in [5.74, 6) is 0. The molecule has 0 aromatic heterocycles. The molecule has 0 radical (unpaired) electrons. The number of hydrogen-bond acceptors (Lipinski definition) is 2. The van der Waals surface area contributed by atoms with Crippen LogP contribution in [0.15, 0.2) is 24.8 Å². The van der Waals surface area contributed by atoms with Gasteiger partial charge in [-0.25, -0.2) is 0 Å². The first-order chi connectivity index (χ1) is 8.31. The van der Waals surface area contributed by atoms with E-state index in [-0.39, 0.29) is 0 Å². The van der Waals surface area contributed by atoms with Gasteiger partial charge in [0.05, 0.1) is 0 Å². The topological polar surface area (TPSA) is 29.5 Å². The van der Waals surface area contributed by atoms with Crippen LogP contribution in [0.5, 0.6) is 0 Å². The Morgan fingerprint density at radius 1 is 1.18 bits per heavy atom. The molecule has 0 aromatic rings. The third kappa shape index (κ3) is 13.3. The van der Waals surface area contributed by atoms with Gasteiger partial charge in [-0.15, -0.1) is 0 Å². The molecule has 0 rings (SSSR count). The third-order valence-electron chi connectivity index (χ3n) is 2.63. The van der Waals surface area contributed by atoms with E-state index < -0.39 is 6.29 Å². The molecule has 1 unspecified atom stereocenters. The van der Waals surface area contributed by atoms with Gasteiger partial charge in [0.15, 0.2) is 6.29 Å². The van der Waals surface area contributed by atoms with Gasteiger partial charge in [-0.2, -0.15) is 0 Å². The van der Waals surface area contributed by atoms with Gasteiger partial charge in [-0.1, -0.05) is 57.4 Å². The van der Waals surface area contributed by atoms with Crippen LogP contribution in [-0.4, -0.2) is 18.0 Å². The average Bonchev–Trinajstić information content (AvgIpc) is 2.32. The van der Waals surface area contributed by atoms with Gasteiger partial charge in [0.2, 0.25) is 0 Å². The summed E-state index contributed by atoms with van der Waals surface area (Å²) < 4.78 is 5.28. The lowest BCUT2D eigenvalue weighted by Crippen LogP contribution is -2.12. The molecule has 0 spiro atoms. The number of aliphatic hydroxyl groups excluding tert-OH is 1. The second-order valence-electron chi connectivity index (χ2n) is 4.33. The molecule has 0 aromatic carbocycles. The SMILES string of the molecule is C=C/C=C/CCCCCCCOC(O)CCC. The molecule has 0 heterocycles. The van der Waals surface area contributed by atoms with Gasteiger partial charge in [-0.3, -0.25) is 0 Å². The zero-order valence-corrected chi connectivity index (χ0v) is 11.2. The highest BCUT2D eigenvalue weighted by Gasteiger charge is 2.00. The summed E-state index contributed by atoms with van der Waals surface area (Å²) in [6.45, 7) is 6.38. The molecule has 0 bridgehead atoms. The van der Waals surface area contributed by atoms with Gasteiger partial charge in [0.1, 0.15) is 0 Å². The minimum Gasteiger partial charge on any atom is -0.368 e. The van der Waals surface area contributed by atoms with Crippen molar-refractivity contribution in [2.75, 3.05) is 6.61 Å². The van der Waals surface area contributed by atoms with E-state index in [0.29, 0.717) is 6.61 Å². The van der Waals surface area contributed by atoms with E-state index in [4.69, 9.17) is 4.74 Å². The van der Waals surface area contributed by atoms with Crippen molar-refractivity contribution in [3.05, 3.63) is 24.8 Å². The fraction of sp³-hybridized carbons (Fsp3) is 0.733. The minimum absolute atomic E-state index is 0.552. The van der Waals surface area contributed by atoms with E-state index in [2.05, 4.69) is 12.7 Å². The molecule has 17 heavy (non-hydrogen) atoms. The summed E-state index contributed by atoms with van der Waals surface area (Å²) in [5, 5.41) is 9.33. The van der Waals surface area contributed by atoms with Crippen molar-refractivity contribution in [1.29, 1.82) is 0 Å². The van der Waals surface area contributed by atoms with E-state index >= 15 is 0 Å². The quantitative estimate of drug-likeness (QED) is 0.315. The number of ether oxygens (including phenoxy) is 1. The Balaban J connectivity index is 3.08. The molecule has 2 heteroatoms. The first-order valence-corrected chi connectivity index (χ1v) is 6.88. The monoisotopic (exact) mass is 240 g/mol. The molecule has 1 atom stereocenters. The highest BCUT2D eigenvalue weighted by Crippen LogP contribution is 2.07.